The van der Waals surface area contributed by atoms with E-state index in [0.717, 1.165) is 24.1 Å². The fourth-order valence-corrected chi connectivity index (χ4v) is 5.44. The van der Waals surface area contributed by atoms with E-state index >= 15 is 0 Å². The third kappa shape index (κ3) is 4.81. The van der Waals surface area contributed by atoms with Crippen molar-refractivity contribution in [3.8, 4) is 0 Å². The maximum Gasteiger partial charge on any atom is 0.221 e. The normalized spacial score (nSPS) is 17.4. The predicted octanol–water partition coefficient (Wildman–Crippen LogP) is 3.14. The lowest BCUT2D eigenvalue weighted by Crippen LogP contribution is -2.33. The van der Waals surface area contributed by atoms with Crippen molar-refractivity contribution >= 4 is 40.8 Å². The van der Waals surface area contributed by atoms with Crippen LogP contribution in [-0.2, 0) is 11.2 Å². The van der Waals surface area contributed by atoms with Crippen LogP contribution >= 0.6 is 34.4 Å². The van der Waals surface area contributed by atoms with Crippen LogP contribution in [0.3, 0.4) is 0 Å². The van der Waals surface area contributed by atoms with E-state index in [-0.39, 0.29) is 6.10 Å². The van der Waals surface area contributed by atoms with Gasteiger partial charge in [0.05, 0.1) is 10.3 Å². The highest BCUT2D eigenvalue weighted by atomic mass is 32.2. The third-order valence-electron chi connectivity index (χ3n) is 3.73. The van der Waals surface area contributed by atoms with Crippen LogP contribution in [0.1, 0.15) is 46.1 Å². The number of aliphatic hydroxyl groups is 2. The predicted molar refractivity (Wildman–Crippen MR) is 100 cm³/mol. The molecule has 2 atom stereocenters. The van der Waals surface area contributed by atoms with Crippen LogP contribution < -0.4 is 10.9 Å². The zero-order valence-corrected chi connectivity index (χ0v) is 16.1. The van der Waals surface area contributed by atoms with Gasteiger partial charge in [0.1, 0.15) is 0 Å². The number of hydrogen-bond acceptors (Lipinski definition) is 7. The van der Waals surface area contributed by atoms with Gasteiger partial charge in [-0.2, -0.15) is 0 Å². The zero-order valence-electron chi connectivity index (χ0n) is 13.6. The second-order valence-corrected chi connectivity index (χ2v) is 8.55. The number of thiophene rings is 2. The molecule has 0 saturated carbocycles. The second kappa shape index (κ2) is 9.55. The van der Waals surface area contributed by atoms with Crippen molar-refractivity contribution < 1.29 is 15.0 Å². The first-order valence-corrected chi connectivity index (χ1v) is 10.5. The summed E-state index contributed by atoms with van der Waals surface area (Å²) < 4.78 is 1.32. The molecule has 0 saturated heterocycles. The van der Waals surface area contributed by atoms with E-state index in [0.29, 0.717) is 6.41 Å². The minimum atomic E-state index is -0.819. The molecule has 8 heteroatoms. The van der Waals surface area contributed by atoms with Gasteiger partial charge in [0.25, 0.3) is 0 Å². The summed E-state index contributed by atoms with van der Waals surface area (Å²) in [5.41, 5.74) is 7.21. The SMILES string of the molecule is CSc1sc(C)c2c1C(O)CCC2.O=CNNC(O)c1cccs1. The number of aryl methyl sites for hydroxylation is 1. The number of carbonyl (C=O) groups is 1. The van der Waals surface area contributed by atoms with E-state index in [1.54, 1.807) is 17.8 Å². The number of carbonyl (C=O) groups excluding carboxylic acids is 1. The molecule has 0 aromatic carbocycles. The minimum Gasteiger partial charge on any atom is -0.388 e. The van der Waals surface area contributed by atoms with Gasteiger partial charge in [-0.15, -0.1) is 34.4 Å². The summed E-state index contributed by atoms with van der Waals surface area (Å²) in [6, 6.07) is 3.60. The highest BCUT2D eigenvalue weighted by Gasteiger charge is 2.24. The van der Waals surface area contributed by atoms with Gasteiger partial charge < -0.3 is 10.2 Å². The van der Waals surface area contributed by atoms with E-state index in [4.69, 9.17) is 0 Å². The van der Waals surface area contributed by atoms with Crippen LogP contribution in [0.5, 0.6) is 0 Å². The summed E-state index contributed by atoms with van der Waals surface area (Å²) >= 11 is 5.02. The third-order valence-corrected chi connectivity index (χ3v) is 6.95. The van der Waals surface area contributed by atoms with E-state index in [1.807, 2.05) is 22.8 Å². The quantitative estimate of drug-likeness (QED) is 0.275. The van der Waals surface area contributed by atoms with Crippen LogP contribution in [0.4, 0.5) is 0 Å². The highest BCUT2D eigenvalue weighted by Crippen LogP contribution is 2.43. The summed E-state index contributed by atoms with van der Waals surface area (Å²) in [6.07, 6.45) is 4.78. The Hall–Kier alpha value is -0.900. The maximum atomic E-state index is 9.88. The number of thioether (sulfide) groups is 1. The van der Waals surface area contributed by atoms with Crippen molar-refractivity contribution in [2.24, 2.45) is 0 Å². The Labute approximate surface area is 154 Å². The fraction of sp³-hybridized carbons (Fsp3) is 0.438. The molecular formula is C16H22N2O3S3. The largest absolute Gasteiger partial charge is 0.388 e. The van der Waals surface area contributed by atoms with Crippen LogP contribution in [0.25, 0.3) is 0 Å². The van der Waals surface area contributed by atoms with Gasteiger partial charge in [0.2, 0.25) is 6.41 Å². The average molecular weight is 387 g/mol. The first-order valence-electron chi connectivity index (χ1n) is 7.58. The lowest BCUT2D eigenvalue weighted by molar-refractivity contribution is -0.111. The molecule has 2 heterocycles. The van der Waals surface area contributed by atoms with Gasteiger partial charge in [-0.25, -0.2) is 5.43 Å². The van der Waals surface area contributed by atoms with Crippen LogP contribution in [-0.4, -0.2) is 22.9 Å². The molecule has 0 bridgehead atoms. The van der Waals surface area contributed by atoms with Gasteiger partial charge in [-0.3, -0.25) is 10.2 Å². The number of rotatable bonds is 5. The van der Waals surface area contributed by atoms with Crippen molar-refractivity contribution in [3.05, 3.63) is 38.4 Å². The molecule has 1 aliphatic rings. The number of fused-ring (bicyclic) bond motifs is 1. The number of amides is 1. The fourth-order valence-electron chi connectivity index (χ4n) is 2.62. The van der Waals surface area contributed by atoms with Crippen molar-refractivity contribution in [1.82, 2.24) is 10.9 Å². The Morgan fingerprint density at radius 3 is 2.92 bits per heavy atom. The first kappa shape index (κ1) is 19.4. The van der Waals surface area contributed by atoms with Crippen LogP contribution in [0.15, 0.2) is 21.7 Å². The van der Waals surface area contributed by atoms with E-state index < -0.39 is 6.23 Å². The summed E-state index contributed by atoms with van der Waals surface area (Å²) in [5, 5.41) is 20.9. The summed E-state index contributed by atoms with van der Waals surface area (Å²) in [7, 11) is 0. The topological polar surface area (TPSA) is 81.6 Å². The first-order chi connectivity index (χ1) is 11.6. The standard InChI is InChI=1S/C10H14OS2.C6H8N2O2S/c1-6-7-4-3-5-8(11)9(7)10(12-2)13-6;9-4-7-8-6(10)5-2-1-3-11-5/h8,11H,3-5H2,1-2H3;1-4,6,8,10H,(H,7,9). The molecule has 132 valence electrons. The smallest absolute Gasteiger partial charge is 0.221 e. The van der Waals surface area contributed by atoms with E-state index in [9.17, 15) is 15.0 Å². The molecule has 0 radical (unpaired) electrons. The Balaban J connectivity index is 0.000000177. The number of hydrogen-bond donors (Lipinski definition) is 4. The van der Waals surface area contributed by atoms with Crippen LogP contribution in [0.2, 0.25) is 0 Å². The number of aliphatic hydroxyl groups excluding tert-OH is 2. The number of nitrogens with one attached hydrogen (secondary N) is 2. The second-order valence-electron chi connectivity index (χ2n) is 5.27. The molecule has 2 aromatic heterocycles. The molecular weight excluding hydrogens is 364 g/mol. The molecule has 3 rings (SSSR count). The zero-order chi connectivity index (χ0) is 17.5. The van der Waals surface area contributed by atoms with E-state index in [1.165, 1.54) is 31.6 Å². The van der Waals surface area contributed by atoms with Gasteiger partial charge >= 0.3 is 0 Å². The van der Waals surface area contributed by atoms with Gasteiger partial charge in [-0.1, -0.05) is 6.07 Å². The number of hydrazine groups is 1. The molecule has 1 amide bonds. The summed E-state index contributed by atoms with van der Waals surface area (Å²) in [5.74, 6) is 0. The highest BCUT2D eigenvalue weighted by molar-refractivity contribution is 8.00. The van der Waals surface area contributed by atoms with Crippen molar-refractivity contribution in [3.63, 3.8) is 0 Å². The molecule has 0 aliphatic heterocycles. The van der Waals surface area contributed by atoms with Crippen molar-refractivity contribution in [2.45, 2.75) is 42.7 Å². The van der Waals surface area contributed by atoms with Crippen molar-refractivity contribution in [1.29, 1.82) is 0 Å². The molecule has 1 aliphatic carbocycles. The van der Waals surface area contributed by atoms with Gasteiger partial charge in [0, 0.05) is 15.3 Å². The molecule has 0 fully saturated rings. The van der Waals surface area contributed by atoms with Crippen LogP contribution in [0, 0.1) is 6.92 Å². The maximum absolute atomic E-state index is 9.88. The molecule has 24 heavy (non-hydrogen) atoms. The molecule has 4 N–H and O–H groups in total. The van der Waals surface area contributed by atoms with Gasteiger partial charge in [-0.05, 0) is 49.5 Å². The van der Waals surface area contributed by atoms with Gasteiger partial charge in [0.15, 0.2) is 6.23 Å². The molecule has 5 nitrogen and oxygen atoms in total. The Morgan fingerprint density at radius 2 is 2.29 bits per heavy atom. The lowest BCUT2D eigenvalue weighted by Gasteiger charge is -2.19. The summed E-state index contributed by atoms with van der Waals surface area (Å²) in [4.78, 5) is 12.0. The molecule has 2 aromatic rings. The Kier molecular flexibility index (Phi) is 7.73. The molecule has 2 unspecified atom stereocenters. The van der Waals surface area contributed by atoms with E-state index in [2.05, 4.69) is 24.0 Å². The lowest BCUT2D eigenvalue weighted by atomic mass is 9.92. The average Bonchev–Trinajstić information content (AvgIpc) is 3.22. The van der Waals surface area contributed by atoms with Crippen molar-refractivity contribution in [2.75, 3.05) is 6.26 Å². The molecule has 0 spiro atoms. The Bertz CT molecular complexity index is 643. The minimum absolute atomic E-state index is 0.198. The Morgan fingerprint density at radius 1 is 1.50 bits per heavy atom. The monoisotopic (exact) mass is 386 g/mol. The summed E-state index contributed by atoms with van der Waals surface area (Å²) in [6.45, 7) is 2.17.